The highest BCUT2D eigenvalue weighted by Crippen LogP contribution is 2.09. The Morgan fingerprint density at radius 2 is 2.00 bits per heavy atom. The number of hydrogen-bond donors (Lipinski definition) is 1. The van der Waals surface area contributed by atoms with E-state index < -0.39 is 17.2 Å². The molecule has 3 rings (SSSR count). The highest BCUT2D eigenvalue weighted by Gasteiger charge is 2.21. The van der Waals surface area contributed by atoms with Crippen LogP contribution in [-0.4, -0.2) is 50.2 Å². The maximum absolute atomic E-state index is 12.5. The topological polar surface area (TPSA) is 134 Å². The van der Waals surface area contributed by atoms with Gasteiger partial charge < -0.3 is 14.6 Å². The van der Waals surface area contributed by atoms with Crippen molar-refractivity contribution in [1.29, 1.82) is 0 Å². The van der Waals surface area contributed by atoms with Crippen LogP contribution in [0.3, 0.4) is 0 Å². The standard InChI is InChI=1S/C18H20N6O5/c1-3-28-11-7-10-19-15(25)16-20-14(22-29-16)13-17(26)23(2)18(27)24(21-13)12-8-5-4-6-9-12/h4-6,8-9H,3,7,10-11H2,1-2H3,(H,19,25). The monoisotopic (exact) mass is 400 g/mol. The van der Waals surface area contributed by atoms with Crippen molar-refractivity contribution in [2.75, 3.05) is 19.8 Å². The molecule has 1 aromatic carbocycles. The zero-order chi connectivity index (χ0) is 20.8. The first-order chi connectivity index (χ1) is 14.0. The normalized spacial score (nSPS) is 10.8. The number of benzene rings is 1. The summed E-state index contributed by atoms with van der Waals surface area (Å²) in [6, 6.07) is 8.59. The quantitative estimate of drug-likeness (QED) is 0.528. The minimum Gasteiger partial charge on any atom is -0.382 e. The summed E-state index contributed by atoms with van der Waals surface area (Å²) in [5, 5.41) is 10.4. The predicted molar refractivity (Wildman–Crippen MR) is 102 cm³/mol. The van der Waals surface area contributed by atoms with Crippen LogP contribution in [-0.2, 0) is 11.8 Å². The number of para-hydroxylation sites is 1. The van der Waals surface area contributed by atoms with Crippen molar-refractivity contribution in [3.63, 3.8) is 0 Å². The van der Waals surface area contributed by atoms with E-state index in [2.05, 4.69) is 20.6 Å². The van der Waals surface area contributed by atoms with Crippen molar-refractivity contribution >= 4 is 5.91 Å². The van der Waals surface area contributed by atoms with E-state index >= 15 is 0 Å². The first-order valence-corrected chi connectivity index (χ1v) is 8.98. The summed E-state index contributed by atoms with van der Waals surface area (Å²) in [5.41, 5.74) is -1.08. The van der Waals surface area contributed by atoms with E-state index in [-0.39, 0.29) is 17.4 Å². The minimum atomic E-state index is -0.702. The molecule has 0 aliphatic carbocycles. The van der Waals surface area contributed by atoms with Gasteiger partial charge >= 0.3 is 17.5 Å². The molecule has 152 valence electrons. The third-order valence-corrected chi connectivity index (χ3v) is 3.96. The van der Waals surface area contributed by atoms with Crippen LogP contribution in [0.2, 0.25) is 0 Å². The molecule has 0 fully saturated rings. The molecule has 0 aliphatic heterocycles. The van der Waals surface area contributed by atoms with Crippen LogP contribution in [0, 0.1) is 0 Å². The van der Waals surface area contributed by atoms with Gasteiger partial charge in [-0.25, -0.2) is 4.79 Å². The highest BCUT2D eigenvalue weighted by molar-refractivity contribution is 5.89. The Balaban J connectivity index is 1.86. The Labute approximate surface area is 164 Å². The Kier molecular flexibility index (Phi) is 6.29. The summed E-state index contributed by atoms with van der Waals surface area (Å²) in [6.45, 7) is 3.38. The molecule has 0 aliphatic rings. The smallest absolute Gasteiger partial charge is 0.351 e. The van der Waals surface area contributed by atoms with E-state index in [0.29, 0.717) is 31.9 Å². The van der Waals surface area contributed by atoms with Crippen LogP contribution in [0.15, 0.2) is 44.4 Å². The van der Waals surface area contributed by atoms with E-state index in [9.17, 15) is 14.4 Å². The molecule has 0 spiro atoms. The zero-order valence-electron chi connectivity index (χ0n) is 16.0. The number of amides is 1. The second-order valence-electron chi connectivity index (χ2n) is 5.97. The van der Waals surface area contributed by atoms with Gasteiger partial charge in [0.2, 0.25) is 5.82 Å². The molecule has 29 heavy (non-hydrogen) atoms. The number of carbonyl (C=O) groups is 1. The number of hydrogen-bond acceptors (Lipinski definition) is 8. The van der Waals surface area contributed by atoms with Gasteiger partial charge in [-0.05, 0) is 25.5 Å². The first-order valence-electron chi connectivity index (χ1n) is 8.98. The largest absolute Gasteiger partial charge is 0.382 e. The SMILES string of the molecule is CCOCCCNC(=O)c1nc(-c2nn(-c3ccccc3)c(=O)n(C)c2=O)no1. The van der Waals surface area contributed by atoms with Crippen molar-refractivity contribution in [2.45, 2.75) is 13.3 Å². The molecule has 0 bridgehead atoms. The van der Waals surface area contributed by atoms with Gasteiger partial charge in [0.15, 0.2) is 5.69 Å². The van der Waals surface area contributed by atoms with Crippen LogP contribution in [0.25, 0.3) is 17.2 Å². The first kappa shape index (κ1) is 20.1. The van der Waals surface area contributed by atoms with Gasteiger partial charge in [-0.15, -0.1) is 0 Å². The van der Waals surface area contributed by atoms with Crippen LogP contribution >= 0.6 is 0 Å². The van der Waals surface area contributed by atoms with Gasteiger partial charge in [0, 0.05) is 26.8 Å². The second kappa shape index (κ2) is 9.06. The molecular formula is C18H20N6O5. The van der Waals surface area contributed by atoms with Gasteiger partial charge in [-0.1, -0.05) is 23.4 Å². The third-order valence-electron chi connectivity index (χ3n) is 3.96. The predicted octanol–water partition coefficient (Wildman–Crippen LogP) is 0.138. The van der Waals surface area contributed by atoms with Crippen molar-refractivity contribution in [3.8, 4) is 17.2 Å². The zero-order valence-corrected chi connectivity index (χ0v) is 16.0. The van der Waals surface area contributed by atoms with Gasteiger partial charge in [0.05, 0.1) is 5.69 Å². The Bertz CT molecular complexity index is 1100. The molecule has 0 saturated carbocycles. The number of ether oxygens (including phenoxy) is 1. The van der Waals surface area contributed by atoms with Crippen molar-refractivity contribution in [1.82, 2.24) is 29.8 Å². The van der Waals surface area contributed by atoms with E-state index in [1.807, 2.05) is 6.92 Å². The molecule has 3 aromatic rings. The molecule has 1 N–H and O–H groups in total. The van der Waals surface area contributed by atoms with E-state index in [4.69, 9.17) is 9.26 Å². The molecule has 2 aromatic heterocycles. The van der Waals surface area contributed by atoms with Crippen LogP contribution in [0.1, 0.15) is 24.0 Å². The summed E-state index contributed by atoms with van der Waals surface area (Å²) in [6.07, 6.45) is 0.630. The number of nitrogens with one attached hydrogen (secondary N) is 1. The molecule has 2 heterocycles. The average molecular weight is 400 g/mol. The average Bonchev–Trinajstić information content (AvgIpc) is 3.23. The summed E-state index contributed by atoms with van der Waals surface area (Å²) in [5.74, 6) is -1.07. The Morgan fingerprint density at radius 3 is 2.72 bits per heavy atom. The molecule has 11 heteroatoms. The molecule has 0 radical (unpaired) electrons. The van der Waals surface area contributed by atoms with E-state index in [1.165, 1.54) is 7.05 Å². The van der Waals surface area contributed by atoms with Crippen molar-refractivity contribution in [2.24, 2.45) is 7.05 Å². The fourth-order valence-electron chi connectivity index (χ4n) is 2.46. The van der Waals surface area contributed by atoms with Crippen LogP contribution in [0.5, 0.6) is 0 Å². The van der Waals surface area contributed by atoms with Gasteiger partial charge in [-0.2, -0.15) is 14.8 Å². The molecule has 0 saturated heterocycles. The maximum Gasteiger partial charge on any atom is 0.351 e. The maximum atomic E-state index is 12.5. The number of carbonyl (C=O) groups excluding carboxylic acids is 1. The van der Waals surface area contributed by atoms with Crippen LogP contribution in [0.4, 0.5) is 0 Å². The molecule has 0 unspecified atom stereocenters. The van der Waals surface area contributed by atoms with Crippen molar-refractivity contribution < 1.29 is 14.1 Å². The highest BCUT2D eigenvalue weighted by atomic mass is 16.5. The van der Waals surface area contributed by atoms with Gasteiger partial charge in [0.25, 0.3) is 5.56 Å². The van der Waals surface area contributed by atoms with Crippen LogP contribution < -0.4 is 16.6 Å². The lowest BCUT2D eigenvalue weighted by Gasteiger charge is -2.07. The number of rotatable bonds is 8. The second-order valence-corrected chi connectivity index (χ2v) is 5.97. The van der Waals surface area contributed by atoms with Gasteiger partial charge in [-0.3, -0.25) is 14.2 Å². The van der Waals surface area contributed by atoms with E-state index in [0.717, 1.165) is 9.25 Å². The molecule has 0 atom stereocenters. The van der Waals surface area contributed by atoms with Gasteiger partial charge in [0.1, 0.15) is 0 Å². The third kappa shape index (κ3) is 4.46. The van der Waals surface area contributed by atoms with Crippen molar-refractivity contribution in [3.05, 3.63) is 57.1 Å². The number of aromatic nitrogens is 5. The lowest BCUT2D eigenvalue weighted by Crippen LogP contribution is -2.40. The summed E-state index contributed by atoms with van der Waals surface area (Å²) >= 11 is 0. The lowest BCUT2D eigenvalue weighted by molar-refractivity contribution is 0.0901. The molecular weight excluding hydrogens is 380 g/mol. The Morgan fingerprint density at radius 1 is 1.24 bits per heavy atom. The number of nitrogens with zero attached hydrogens (tertiary/aromatic N) is 5. The summed E-state index contributed by atoms with van der Waals surface area (Å²) in [7, 11) is 1.32. The molecule has 11 nitrogen and oxygen atoms in total. The Hall–Kier alpha value is -3.60. The minimum absolute atomic E-state index is 0.185. The van der Waals surface area contributed by atoms with E-state index in [1.54, 1.807) is 30.3 Å². The fraction of sp³-hybridized carbons (Fsp3) is 0.333. The summed E-state index contributed by atoms with van der Waals surface area (Å²) in [4.78, 5) is 40.9. The molecule has 1 amide bonds. The summed E-state index contributed by atoms with van der Waals surface area (Å²) < 4.78 is 12.1. The fourth-order valence-corrected chi connectivity index (χ4v) is 2.46. The lowest BCUT2D eigenvalue weighted by atomic mass is 10.3.